The maximum Gasteiger partial charge on any atom is 0.307 e. The third-order valence-corrected chi connectivity index (χ3v) is 3.60. The Labute approximate surface area is 130 Å². The first kappa shape index (κ1) is 14.7. The number of amides is 1. The Morgan fingerprint density at radius 2 is 2.13 bits per heavy atom. The van der Waals surface area contributed by atoms with E-state index in [0.717, 1.165) is 17.2 Å². The van der Waals surface area contributed by atoms with Gasteiger partial charge in [0.05, 0.1) is 16.0 Å². The minimum atomic E-state index is -0.705. The van der Waals surface area contributed by atoms with Crippen molar-refractivity contribution in [3.8, 4) is 0 Å². The number of rotatable bonds is 4. The van der Waals surface area contributed by atoms with Crippen molar-refractivity contribution in [2.75, 3.05) is 5.32 Å². The number of hydrogen-bond acceptors (Lipinski definition) is 5. The van der Waals surface area contributed by atoms with Crippen LogP contribution < -0.4 is 5.32 Å². The predicted octanol–water partition coefficient (Wildman–Crippen LogP) is 1.88. The van der Waals surface area contributed by atoms with Gasteiger partial charge < -0.3 is 4.57 Å². The fraction of sp³-hybridized carbons (Fsp3) is 0.214. The van der Waals surface area contributed by atoms with Gasteiger partial charge in [0.2, 0.25) is 5.95 Å². The van der Waals surface area contributed by atoms with Gasteiger partial charge in [-0.25, -0.2) is 4.98 Å². The molecule has 1 unspecified atom stereocenters. The van der Waals surface area contributed by atoms with Crippen LogP contribution in [0.1, 0.15) is 13.0 Å². The van der Waals surface area contributed by atoms with Gasteiger partial charge in [-0.3, -0.25) is 24.9 Å². The third-order valence-electron chi connectivity index (χ3n) is 3.60. The number of imidazole rings is 1. The van der Waals surface area contributed by atoms with Crippen LogP contribution in [0, 0.1) is 10.1 Å². The standard InChI is InChI=1S/C14H14N6O3/c1-9(19-8-10(7-15-19)20(22)23)13(21)17-14-16-11-5-3-4-6-12(11)18(14)2/h3-9H,1-2H3,(H,16,17,21). The quantitative estimate of drug-likeness (QED) is 0.584. The number of para-hydroxylation sites is 2. The Balaban J connectivity index is 1.82. The summed E-state index contributed by atoms with van der Waals surface area (Å²) in [6, 6.07) is 6.81. The summed E-state index contributed by atoms with van der Waals surface area (Å²) in [6.07, 6.45) is 2.33. The molecule has 0 saturated heterocycles. The summed E-state index contributed by atoms with van der Waals surface area (Å²) >= 11 is 0. The molecule has 0 aliphatic heterocycles. The molecule has 0 bridgehead atoms. The number of nitrogens with one attached hydrogen (secondary N) is 1. The van der Waals surface area contributed by atoms with Crippen LogP contribution in [-0.2, 0) is 11.8 Å². The van der Waals surface area contributed by atoms with E-state index < -0.39 is 11.0 Å². The van der Waals surface area contributed by atoms with E-state index in [1.54, 1.807) is 18.5 Å². The topological polar surface area (TPSA) is 108 Å². The van der Waals surface area contributed by atoms with Crippen LogP contribution in [0.5, 0.6) is 0 Å². The summed E-state index contributed by atoms with van der Waals surface area (Å²) in [7, 11) is 1.80. The van der Waals surface area contributed by atoms with Crippen molar-refractivity contribution >= 4 is 28.6 Å². The van der Waals surface area contributed by atoms with Gasteiger partial charge in [0.15, 0.2) is 0 Å². The molecular formula is C14H14N6O3. The molecule has 0 spiro atoms. The zero-order valence-electron chi connectivity index (χ0n) is 12.5. The highest BCUT2D eigenvalue weighted by Gasteiger charge is 2.20. The van der Waals surface area contributed by atoms with Crippen molar-refractivity contribution in [1.29, 1.82) is 0 Å². The van der Waals surface area contributed by atoms with Crippen LogP contribution in [0.25, 0.3) is 11.0 Å². The van der Waals surface area contributed by atoms with Crippen molar-refractivity contribution in [3.05, 3.63) is 46.8 Å². The number of anilines is 1. The summed E-state index contributed by atoms with van der Waals surface area (Å²) in [4.78, 5) is 26.8. The van der Waals surface area contributed by atoms with Crippen LogP contribution in [0.3, 0.4) is 0 Å². The monoisotopic (exact) mass is 314 g/mol. The molecule has 2 aromatic heterocycles. The average Bonchev–Trinajstić information content (AvgIpc) is 3.13. The van der Waals surface area contributed by atoms with E-state index in [2.05, 4.69) is 15.4 Å². The van der Waals surface area contributed by atoms with E-state index in [-0.39, 0.29) is 11.6 Å². The van der Waals surface area contributed by atoms with E-state index >= 15 is 0 Å². The number of nitro groups is 1. The van der Waals surface area contributed by atoms with E-state index in [0.29, 0.717) is 5.95 Å². The van der Waals surface area contributed by atoms with E-state index in [4.69, 9.17) is 0 Å². The van der Waals surface area contributed by atoms with Gasteiger partial charge in [-0.1, -0.05) is 12.1 Å². The Bertz CT molecular complexity index is 897. The number of hydrogen-bond donors (Lipinski definition) is 1. The number of fused-ring (bicyclic) bond motifs is 1. The Morgan fingerprint density at radius 1 is 1.39 bits per heavy atom. The van der Waals surface area contributed by atoms with Gasteiger partial charge in [0, 0.05) is 7.05 Å². The van der Waals surface area contributed by atoms with Crippen LogP contribution in [0.4, 0.5) is 11.6 Å². The van der Waals surface area contributed by atoms with Crippen molar-refractivity contribution in [3.63, 3.8) is 0 Å². The second-order valence-electron chi connectivity index (χ2n) is 5.08. The fourth-order valence-corrected chi connectivity index (χ4v) is 2.23. The van der Waals surface area contributed by atoms with Gasteiger partial charge >= 0.3 is 5.69 Å². The van der Waals surface area contributed by atoms with E-state index in [1.807, 2.05) is 24.3 Å². The first-order chi connectivity index (χ1) is 11.0. The Kier molecular flexibility index (Phi) is 3.53. The molecular weight excluding hydrogens is 300 g/mol. The maximum absolute atomic E-state index is 12.3. The molecule has 0 aliphatic carbocycles. The first-order valence-electron chi connectivity index (χ1n) is 6.88. The summed E-state index contributed by atoms with van der Waals surface area (Å²) in [6.45, 7) is 1.61. The molecule has 2 heterocycles. The molecule has 1 atom stereocenters. The summed E-state index contributed by atoms with van der Waals surface area (Å²) in [5.41, 5.74) is 1.50. The lowest BCUT2D eigenvalue weighted by molar-refractivity contribution is -0.385. The summed E-state index contributed by atoms with van der Waals surface area (Å²) in [5, 5.41) is 17.3. The molecule has 0 radical (unpaired) electrons. The van der Waals surface area contributed by atoms with E-state index in [1.165, 1.54) is 10.9 Å². The smallest absolute Gasteiger partial charge is 0.307 e. The molecule has 1 aromatic carbocycles. The van der Waals surface area contributed by atoms with Gasteiger partial charge in [-0.2, -0.15) is 5.10 Å². The van der Waals surface area contributed by atoms with Crippen molar-refractivity contribution in [2.24, 2.45) is 7.05 Å². The highest BCUT2D eigenvalue weighted by atomic mass is 16.6. The minimum Gasteiger partial charge on any atom is -0.313 e. The molecule has 1 N–H and O–H groups in total. The Morgan fingerprint density at radius 3 is 2.78 bits per heavy atom. The molecule has 0 aliphatic rings. The van der Waals surface area contributed by atoms with Crippen molar-refractivity contribution in [1.82, 2.24) is 19.3 Å². The average molecular weight is 314 g/mol. The molecule has 23 heavy (non-hydrogen) atoms. The number of carbonyl (C=O) groups is 1. The second-order valence-corrected chi connectivity index (χ2v) is 5.08. The van der Waals surface area contributed by atoms with Crippen LogP contribution in [-0.4, -0.2) is 30.2 Å². The second kappa shape index (κ2) is 5.52. The summed E-state index contributed by atoms with van der Waals surface area (Å²) < 4.78 is 3.02. The van der Waals surface area contributed by atoms with Gasteiger partial charge in [0.25, 0.3) is 5.91 Å². The van der Waals surface area contributed by atoms with Gasteiger partial charge in [-0.15, -0.1) is 0 Å². The minimum absolute atomic E-state index is 0.160. The van der Waals surface area contributed by atoms with Gasteiger partial charge in [-0.05, 0) is 19.1 Å². The van der Waals surface area contributed by atoms with E-state index in [9.17, 15) is 14.9 Å². The number of aryl methyl sites for hydroxylation is 1. The lowest BCUT2D eigenvalue weighted by atomic mass is 10.3. The molecule has 3 aromatic rings. The molecule has 3 rings (SSSR count). The highest BCUT2D eigenvalue weighted by Crippen LogP contribution is 2.19. The van der Waals surface area contributed by atoms with Crippen LogP contribution in [0.2, 0.25) is 0 Å². The molecule has 9 heteroatoms. The molecule has 0 fully saturated rings. The fourth-order valence-electron chi connectivity index (χ4n) is 2.23. The zero-order valence-corrected chi connectivity index (χ0v) is 12.5. The predicted molar refractivity (Wildman–Crippen MR) is 82.9 cm³/mol. The molecule has 118 valence electrons. The lowest BCUT2D eigenvalue weighted by Crippen LogP contribution is -2.25. The number of carbonyl (C=O) groups excluding carboxylic acids is 1. The Hall–Kier alpha value is -3.23. The van der Waals surface area contributed by atoms with Crippen LogP contribution in [0.15, 0.2) is 36.7 Å². The molecule has 0 saturated carbocycles. The SMILES string of the molecule is CC(C(=O)Nc1nc2ccccc2n1C)n1cc([N+](=O)[O-])cn1. The normalized spacial score (nSPS) is 12.3. The first-order valence-corrected chi connectivity index (χ1v) is 6.88. The van der Waals surface area contributed by atoms with Gasteiger partial charge in [0.1, 0.15) is 18.4 Å². The van der Waals surface area contributed by atoms with Crippen molar-refractivity contribution < 1.29 is 9.72 Å². The number of aromatic nitrogens is 4. The molecule has 1 amide bonds. The van der Waals surface area contributed by atoms with Crippen LogP contribution >= 0.6 is 0 Å². The maximum atomic E-state index is 12.3. The third kappa shape index (κ3) is 2.63. The largest absolute Gasteiger partial charge is 0.313 e. The summed E-state index contributed by atoms with van der Waals surface area (Å²) in [5.74, 6) is 0.0473. The van der Waals surface area contributed by atoms with Crippen molar-refractivity contribution in [2.45, 2.75) is 13.0 Å². The number of benzene rings is 1. The lowest BCUT2D eigenvalue weighted by Gasteiger charge is -2.11. The molecule has 9 nitrogen and oxygen atoms in total. The number of nitrogens with zero attached hydrogens (tertiary/aromatic N) is 5. The highest BCUT2D eigenvalue weighted by molar-refractivity contribution is 5.93. The zero-order chi connectivity index (χ0) is 16.6.